The van der Waals surface area contributed by atoms with Gasteiger partial charge in [0.05, 0.1) is 12.5 Å². The lowest BCUT2D eigenvalue weighted by atomic mass is 10.0. The lowest BCUT2D eigenvalue weighted by Gasteiger charge is -2.05. The van der Waals surface area contributed by atoms with Crippen LogP contribution >= 0.6 is 0 Å². The number of nitrogens with zero attached hydrogens (tertiary/aromatic N) is 1. The minimum absolute atomic E-state index is 0.243. The number of esters is 1. The van der Waals surface area contributed by atoms with Crippen molar-refractivity contribution in [2.75, 3.05) is 0 Å². The van der Waals surface area contributed by atoms with Gasteiger partial charge >= 0.3 is 5.97 Å². The monoisotopic (exact) mass is 278 g/mol. The van der Waals surface area contributed by atoms with E-state index in [0.29, 0.717) is 5.69 Å². The van der Waals surface area contributed by atoms with Crippen molar-refractivity contribution in [1.29, 1.82) is 0 Å². The highest BCUT2D eigenvalue weighted by molar-refractivity contribution is 5.86. The molecule has 1 heterocycles. The summed E-state index contributed by atoms with van der Waals surface area (Å²) in [4.78, 5) is 18.2. The van der Waals surface area contributed by atoms with Gasteiger partial charge in [-0.2, -0.15) is 0 Å². The number of aromatic nitrogens is 2. The Hall–Kier alpha value is -2.88. The molecule has 3 rings (SSSR count). The van der Waals surface area contributed by atoms with Crippen molar-refractivity contribution in [3.8, 4) is 11.1 Å². The second-order valence-corrected chi connectivity index (χ2v) is 4.60. The Morgan fingerprint density at radius 2 is 1.71 bits per heavy atom. The summed E-state index contributed by atoms with van der Waals surface area (Å²) in [7, 11) is 0. The zero-order chi connectivity index (χ0) is 14.5. The minimum atomic E-state index is -0.403. The highest BCUT2D eigenvalue weighted by atomic mass is 16.5. The molecule has 0 saturated carbocycles. The first-order valence-corrected chi connectivity index (χ1v) is 6.63. The lowest BCUT2D eigenvalue weighted by Crippen LogP contribution is -2.05. The third-order valence-corrected chi connectivity index (χ3v) is 3.15. The van der Waals surface area contributed by atoms with Crippen molar-refractivity contribution < 1.29 is 9.53 Å². The van der Waals surface area contributed by atoms with Crippen LogP contribution in [-0.2, 0) is 11.3 Å². The van der Waals surface area contributed by atoms with Crippen LogP contribution in [0.15, 0.2) is 67.1 Å². The molecule has 0 amide bonds. The van der Waals surface area contributed by atoms with Gasteiger partial charge in [-0.3, -0.25) is 0 Å². The quantitative estimate of drug-likeness (QED) is 0.744. The minimum Gasteiger partial charge on any atom is -0.456 e. The van der Waals surface area contributed by atoms with Crippen LogP contribution in [0.2, 0.25) is 0 Å². The van der Waals surface area contributed by atoms with Crippen molar-refractivity contribution in [3.05, 3.63) is 78.4 Å². The zero-order valence-electron chi connectivity index (χ0n) is 11.3. The molecule has 2 aromatic carbocycles. The van der Waals surface area contributed by atoms with Gasteiger partial charge in [-0.15, -0.1) is 0 Å². The molecule has 0 fully saturated rings. The molecule has 0 radical (unpaired) electrons. The van der Waals surface area contributed by atoms with Crippen LogP contribution in [0.5, 0.6) is 0 Å². The maximum absolute atomic E-state index is 11.7. The first kappa shape index (κ1) is 13.1. The van der Waals surface area contributed by atoms with E-state index in [9.17, 15) is 4.79 Å². The molecular weight excluding hydrogens is 264 g/mol. The van der Waals surface area contributed by atoms with Gasteiger partial charge in [0.2, 0.25) is 0 Å². The number of hydrogen-bond donors (Lipinski definition) is 1. The van der Waals surface area contributed by atoms with Crippen molar-refractivity contribution in [2.45, 2.75) is 6.61 Å². The van der Waals surface area contributed by atoms with Gasteiger partial charge in [-0.25, -0.2) is 9.78 Å². The molecule has 3 aromatic rings. The van der Waals surface area contributed by atoms with Crippen molar-refractivity contribution in [2.24, 2.45) is 0 Å². The Morgan fingerprint density at radius 1 is 1.00 bits per heavy atom. The Bertz CT molecular complexity index is 704. The number of carbonyl (C=O) groups excluding carboxylic acids is 1. The van der Waals surface area contributed by atoms with E-state index < -0.39 is 5.97 Å². The van der Waals surface area contributed by atoms with Gasteiger partial charge in [0.25, 0.3) is 0 Å². The molecule has 0 aliphatic rings. The average Bonchev–Trinajstić information content (AvgIpc) is 3.08. The molecule has 1 aromatic heterocycles. The van der Waals surface area contributed by atoms with Gasteiger partial charge < -0.3 is 9.72 Å². The molecule has 0 aliphatic heterocycles. The predicted molar refractivity (Wildman–Crippen MR) is 79.6 cm³/mol. The third kappa shape index (κ3) is 3.17. The SMILES string of the molecule is O=C(OCc1ccc(-c2ccccc2)cc1)c1cnc[nH]1. The first-order valence-electron chi connectivity index (χ1n) is 6.63. The molecular formula is C17H14N2O2. The van der Waals surface area contributed by atoms with E-state index in [4.69, 9.17) is 4.74 Å². The van der Waals surface area contributed by atoms with Crippen LogP contribution < -0.4 is 0 Å². The second kappa shape index (κ2) is 6.05. The van der Waals surface area contributed by atoms with E-state index in [2.05, 4.69) is 22.1 Å². The number of ether oxygens (including phenoxy) is 1. The van der Waals surface area contributed by atoms with E-state index >= 15 is 0 Å². The molecule has 0 unspecified atom stereocenters. The number of benzene rings is 2. The lowest BCUT2D eigenvalue weighted by molar-refractivity contribution is 0.0466. The van der Waals surface area contributed by atoms with Crippen LogP contribution in [0, 0.1) is 0 Å². The van der Waals surface area contributed by atoms with Gasteiger partial charge in [-0.05, 0) is 16.7 Å². The molecule has 21 heavy (non-hydrogen) atoms. The fourth-order valence-corrected chi connectivity index (χ4v) is 2.02. The smallest absolute Gasteiger partial charge is 0.356 e. The molecule has 0 atom stereocenters. The summed E-state index contributed by atoms with van der Waals surface area (Å²) in [6, 6.07) is 18.1. The van der Waals surface area contributed by atoms with E-state index in [0.717, 1.165) is 11.1 Å². The van der Waals surface area contributed by atoms with E-state index in [1.165, 1.54) is 18.1 Å². The molecule has 0 spiro atoms. The number of carbonyl (C=O) groups is 1. The fraction of sp³-hybridized carbons (Fsp3) is 0.0588. The van der Waals surface area contributed by atoms with E-state index in [-0.39, 0.29) is 6.61 Å². The van der Waals surface area contributed by atoms with Crippen LogP contribution in [-0.4, -0.2) is 15.9 Å². The van der Waals surface area contributed by atoms with Crippen LogP contribution in [0.3, 0.4) is 0 Å². The maximum Gasteiger partial charge on any atom is 0.356 e. The van der Waals surface area contributed by atoms with Crippen molar-refractivity contribution >= 4 is 5.97 Å². The molecule has 0 bridgehead atoms. The third-order valence-electron chi connectivity index (χ3n) is 3.15. The highest BCUT2D eigenvalue weighted by Gasteiger charge is 2.08. The fourth-order valence-electron chi connectivity index (χ4n) is 2.02. The topological polar surface area (TPSA) is 55.0 Å². The second-order valence-electron chi connectivity index (χ2n) is 4.60. The summed E-state index contributed by atoms with van der Waals surface area (Å²) >= 11 is 0. The number of aromatic amines is 1. The van der Waals surface area contributed by atoms with Crippen molar-refractivity contribution in [1.82, 2.24) is 9.97 Å². The molecule has 4 nitrogen and oxygen atoms in total. The van der Waals surface area contributed by atoms with E-state index in [1.807, 2.05) is 42.5 Å². The van der Waals surface area contributed by atoms with Gasteiger partial charge in [0.15, 0.2) is 0 Å². The summed E-state index contributed by atoms with van der Waals surface area (Å²) < 4.78 is 5.21. The van der Waals surface area contributed by atoms with Crippen LogP contribution in [0.1, 0.15) is 16.1 Å². The number of rotatable bonds is 4. The number of nitrogens with one attached hydrogen (secondary N) is 1. The van der Waals surface area contributed by atoms with Crippen molar-refractivity contribution in [3.63, 3.8) is 0 Å². The predicted octanol–water partition coefficient (Wildman–Crippen LogP) is 3.43. The van der Waals surface area contributed by atoms with Gasteiger partial charge in [0.1, 0.15) is 12.3 Å². The Kier molecular flexibility index (Phi) is 3.78. The number of imidazole rings is 1. The summed E-state index contributed by atoms with van der Waals surface area (Å²) in [6.45, 7) is 0.243. The molecule has 0 aliphatic carbocycles. The molecule has 4 heteroatoms. The Balaban J connectivity index is 1.64. The number of H-pyrrole nitrogens is 1. The summed E-state index contributed by atoms with van der Waals surface area (Å²) in [5.41, 5.74) is 3.61. The first-order chi connectivity index (χ1) is 10.3. The standard InChI is InChI=1S/C17H14N2O2/c20-17(16-10-18-12-19-16)21-11-13-6-8-15(9-7-13)14-4-2-1-3-5-14/h1-10,12H,11H2,(H,18,19). The summed E-state index contributed by atoms with van der Waals surface area (Å²) in [6.07, 6.45) is 2.89. The average molecular weight is 278 g/mol. The molecule has 0 saturated heterocycles. The maximum atomic E-state index is 11.7. The molecule has 1 N–H and O–H groups in total. The van der Waals surface area contributed by atoms with Gasteiger partial charge in [0, 0.05) is 0 Å². The summed E-state index contributed by atoms with van der Waals surface area (Å²) in [5.74, 6) is -0.403. The van der Waals surface area contributed by atoms with E-state index in [1.54, 1.807) is 0 Å². The Labute approximate surface area is 122 Å². The normalized spacial score (nSPS) is 10.3. The highest BCUT2D eigenvalue weighted by Crippen LogP contribution is 2.19. The van der Waals surface area contributed by atoms with Crippen LogP contribution in [0.4, 0.5) is 0 Å². The Morgan fingerprint density at radius 3 is 2.38 bits per heavy atom. The number of hydrogen-bond acceptors (Lipinski definition) is 3. The van der Waals surface area contributed by atoms with Crippen LogP contribution in [0.25, 0.3) is 11.1 Å². The summed E-state index contributed by atoms with van der Waals surface area (Å²) in [5, 5.41) is 0. The largest absolute Gasteiger partial charge is 0.456 e. The van der Waals surface area contributed by atoms with Gasteiger partial charge in [-0.1, -0.05) is 54.6 Å². The molecule has 104 valence electrons. The zero-order valence-corrected chi connectivity index (χ0v) is 11.3.